The minimum Gasteiger partial charge on any atom is -0.374 e. The third-order valence-electron chi connectivity index (χ3n) is 4.29. The first kappa shape index (κ1) is 21.1. The molecule has 6 nitrogen and oxygen atoms in total. The Kier molecular flexibility index (Phi) is 8.81. The minimum atomic E-state index is 0.185. The van der Waals surface area contributed by atoms with Crippen molar-refractivity contribution in [2.75, 3.05) is 45.9 Å². The number of aromatic nitrogens is 1. The molecule has 2 heterocycles. The second kappa shape index (κ2) is 10.8. The van der Waals surface area contributed by atoms with E-state index < -0.39 is 0 Å². The highest BCUT2D eigenvalue weighted by Crippen LogP contribution is 2.17. The van der Waals surface area contributed by atoms with Crippen LogP contribution < -0.4 is 10.6 Å². The van der Waals surface area contributed by atoms with Gasteiger partial charge in [-0.1, -0.05) is 13.8 Å². The van der Waals surface area contributed by atoms with Crippen LogP contribution in [-0.4, -0.2) is 67.8 Å². The molecule has 26 heavy (non-hydrogen) atoms. The third kappa shape index (κ3) is 7.21. The van der Waals surface area contributed by atoms with Gasteiger partial charge in [-0.05, 0) is 26.7 Å². The Bertz CT molecular complexity index is 572. The van der Waals surface area contributed by atoms with Gasteiger partial charge < -0.3 is 15.4 Å². The fourth-order valence-corrected chi connectivity index (χ4v) is 4.14. The maximum absolute atomic E-state index is 5.90. The molecular weight excluding hydrogens is 346 g/mol. The van der Waals surface area contributed by atoms with Crippen LogP contribution >= 0.6 is 11.3 Å². The third-order valence-corrected chi connectivity index (χ3v) is 5.42. The molecule has 0 spiro atoms. The van der Waals surface area contributed by atoms with E-state index in [9.17, 15) is 0 Å². The van der Waals surface area contributed by atoms with Crippen LogP contribution in [-0.2, 0) is 11.2 Å². The zero-order chi connectivity index (χ0) is 18.9. The summed E-state index contributed by atoms with van der Waals surface area (Å²) >= 11 is 1.78. The van der Waals surface area contributed by atoms with Crippen LogP contribution in [0.3, 0.4) is 0 Å². The number of rotatable bonds is 8. The lowest BCUT2D eigenvalue weighted by molar-refractivity contribution is -0.0261. The summed E-state index contributed by atoms with van der Waals surface area (Å²) in [6.45, 7) is 17.1. The number of thiazole rings is 1. The number of hydrogen-bond donors (Lipinski definition) is 2. The molecule has 1 atom stereocenters. The Hall–Kier alpha value is -1.18. The van der Waals surface area contributed by atoms with Gasteiger partial charge >= 0.3 is 0 Å². The molecule has 0 saturated carbocycles. The number of ether oxygens (including phenoxy) is 1. The molecule has 1 aliphatic heterocycles. The second-order valence-corrected chi connectivity index (χ2v) is 8.57. The number of nitrogens with one attached hydrogen (secondary N) is 2. The molecule has 2 N–H and O–H groups in total. The second-order valence-electron chi connectivity index (χ2n) is 7.28. The summed E-state index contributed by atoms with van der Waals surface area (Å²) in [6, 6.07) is 0. The first-order valence-electron chi connectivity index (χ1n) is 9.77. The van der Waals surface area contributed by atoms with Crippen molar-refractivity contribution >= 4 is 17.3 Å². The van der Waals surface area contributed by atoms with Crippen molar-refractivity contribution in [3.05, 3.63) is 15.6 Å². The van der Waals surface area contributed by atoms with Gasteiger partial charge in [0.05, 0.1) is 30.0 Å². The van der Waals surface area contributed by atoms with Crippen molar-refractivity contribution in [1.82, 2.24) is 20.5 Å². The largest absolute Gasteiger partial charge is 0.374 e. The summed E-state index contributed by atoms with van der Waals surface area (Å²) < 4.78 is 5.90. The topological polar surface area (TPSA) is 61.8 Å². The van der Waals surface area contributed by atoms with Gasteiger partial charge in [0, 0.05) is 44.0 Å². The summed E-state index contributed by atoms with van der Waals surface area (Å²) in [7, 11) is 0. The van der Waals surface area contributed by atoms with Gasteiger partial charge in [-0.2, -0.15) is 0 Å². The van der Waals surface area contributed by atoms with Crippen LogP contribution in [0.1, 0.15) is 36.3 Å². The average Bonchev–Trinajstić information content (AvgIpc) is 2.90. The predicted molar refractivity (Wildman–Crippen MR) is 110 cm³/mol. The average molecular weight is 382 g/mol. The van der Waals surface area contributed by atoms with Gasteiger partial charge in [-0.3, -0.25) is 9.89 Å². The van der Waals surface area contributed by atoms with Crippen LogP contribution in [0, 0.1) is 19.8 Å². The van der Waals surface area contributed by atoms with Gasteiger partial charge in [0.15, 0.2) is 5.96 Å². The molecule has 0 aliphatic carbocycles. The van der Waals surface area contributed by atoms with E-state index in [1.165, 1.54) is 4.88 Å². The molecule has 7 heteroatoms. The number of hydrogen-bond acceptors (Lipinski definition) is 5. The monoisotopic (exact) mass is 381 g/mol. The Morgan fingerprint density at radius 1 is 1.38 bits per heavy atom. The van der Waals surface area contributed by atoms with E-state index in [0.717, 1.165) is 62.4 Å². The zero-order valence-corrected chi connectivity index (χ0v) is 17.8. The van der Waals surface area contributed by atoms with E-state index in [-0.39, 0.29) is 6.10 Å². The Labute approximate surface area is 162 Å². The lowest BCUT2D eigenvalue weighted by Gasteiger charge is -2.33. The summed E-state index contributed by atoms with van der Waals surface area (Å²) in [4.78, 5) is 13.1. The number of morpholine rings is 1. The van der Waals surface area contributed by atoms with Crippen LogP contribution in [0.2, 0.25) is 0 Å². The van der Waals surface area contributed by atoms with Crippen molar-refractivity contribution in [3.8, 4) is 0 Å². The number of guanidine groups is 1. The maximum Gasteiger partial charge on any atom is 0.191 e. The van der Waals surface area contributed by atoms with E-state index >= 15 is 0 Å². The van der Waals surface area contributed by atoms with Crippen LogP contribution in [0.5, 0.6) is 0 Å². The highest BCUT2D eigenvalue weighted by molar-refractivity contribution is 7.11. The fourth-order valence-electron chi connectivity index (χ4n) is 3.21. The highest BCUT2D eigenvalue weighted by Gasteiger charge is 2.20. The Morgan fingerprint density at radius 3 is 2.85 bits per heavy atom. The summed E-state index contributed by atoms with van der Waals surface area (Å²) in [5.41, 5.74) is 1.15. The smallest absolute Gasteiger partial charge is 0.191 e. The van der Waals surface area contributed by atoms with Gasteiger partial charge in [0.25, 0.3) is 0 Å². The highest BCUT2D eigenvalue weighted by atomic mass is 32.1. The quantitative estimate of drug-likeness (QED) is 0.534. The lowest BCUT2D eigenvalue weighted by Crippen LogP contribution is -2.46. The first-order chi connectivity index (χ1) is 12.5. The van der Waals surface area contributed by atoms with Crippen LogP contribution in [0.25, 0.3) is 0 Å². The van der Waals surface area contributed by atoms with Crippen LogP contribution in [0.4, 0.5) is 0 Å². The number of aliphatic imine (C=N–C) groups is 1. The molecule has 0 radical (unpaired) electrons. The molecule has 2 rings (SSSR count). The van der Waals surface area contributed by atoms with Gasteiger partial charge in [0.2, 0.25) is 0 Å². The normalized spacial score (nSPS) is 19.2. The van der Waals surface area contributed by atoms with Crippen LogP contribution in [0.15, 0.2) is 4.99 Å². The Morgan fingerprint density at radius 2 is 2.19 bits per heavy atom. The molecule has 0 aromatic carbocycles. The molecule has 1 aliphatic rings. The predicted octanol–water partition coefficient (Wildman–Crippen LogP) is 2.21. The molecule has 1 aromatic heterocycles. The Balaban J connectivity index is 1.80. The van der Waals surface area contributed by atoms with E-state index in [0.29, 0.717) is 12.5 Å². The molecule has 1 saturated heterocycles. The van der Waals surface area contributed by atoms with E-state index in [4.69, 9.17) is 9.73 Å². The molecule has 1 fully saturated rings. The van der Waals surface area contributed by atoms with Gasteiger partial charge in [0.1, 0.15) is 0 Å². The van der Waals surface area contributed by atoms with E-state index in [2.05, 4.69) is 55.1 Å². The first-order valence-corrected chi connectivity index (χ1v) is 10.6. The number of aryl methyl sites for hydroxylation is 2. The molecule has 0 bridgehead atoms. The molecule has 148 valence electrons. The zero-order valence-electron chi connectivity index (χ0n) is 17.0. The van der Waals surface area contributed by atoms with Gasteiger partial charge in [-0.25, -0.2) is 4.98 Å². The standard InChI is InChI=1S/C19H35N5OS/c1-6-20-19(21-8-7-18-15(4)23-16(5)26-18)22-11-17-13-24(9-10-25-17)12-14(2)3/h14,17H,6-13H2,1-5H3,(H2,20,21,22). The van der Waals surface area contributed by atoms with E-state index in [1.807, 2.05) is 0 Å². The molecular formula is C19H35N5OS. The van der Waals surface area contributed by atoms with Crippen molar-refractivity contribution in [1.29, 1.82) is 0 Å². The maximum atomic E-state index is 5.90. The fraction of sp³-hybridized carbons (Fsp3) is 0.789. The van der Waals surface area contributed by atoms with Crippen molar-refractivity contribution in [2.45, 2.75) is 47.1 Å². The molecule has 1 unspecified atom stereocenters. The van der Waals surface area contributed by atoms with Crippen molar-refractivity contribution in [3.63, 3.8) is 0 Å². The van der Waals surface area contributed by atoms with E-state index in [1.54, 1.807) is 11.3 Å². The van der Waals surface area contributed by atoms with Crippen molar-refractivity contribution < 1.29 is 4.74 Å². The van der Waals surface area contributed by atoms with Gasteiger partial charge in [-0.15, -0.1) is 11.3 Å². The SMILES string of the molecule is CCNC(=NCC1CN(CC(C)C)CCO1)NCCc1sc(C)nc1C. The summed E-state index contributed by atoms with van der Waals surface area (Å²) in [5, 5.41) is 7.90. The van der Waals surface area contributed by atoms with Crippen molar-refractivity contribution in [2.24, 2.45) is 10.9 Å². The summed E-state index contributed by atoms with van der Waals surface area (Å²) in [5.74, 6) is 1.56. The minimum absolute atomic E-state index is 0.185. The summed E-state index contributed by atoms with van der Waals surface area (Å²) in [6.07, 6.45) is 1.16. The molecule has 1 aromatic rings. The lowest BCUT2D eigenvalue weighted by atomic mass is 10.2. The number of nitrogens with zero attached hydrogens (tertiary/aromatic N) is 3. The molecule has 0 amide bonds.